The molecule has 0 saturated heterocycles. The summed E-state index contributed by atoms with van der Waals surface area (Å²) in [6, 6.07) is 7.39. The number of thiophene rings is 1. The lowest BCUT2D eigenvalue weighted by Crippen LogP contribution is -2.16. The van der Waals surface area contributed by atoms with Crippen molar-refractivity contribution < 1.29 is 14.3 Å². The van der Waals surface area contributed by atoms with Crippen molar-refractivity contribution in [3.05, 3.63) is 45.3 Å². The molecule has 2 aromatic heterocycles. The van der Waals surface area contributed by atoms with E-state index in [1.54, 1.807) is 6.07 Å². The number of nitrogens with zero attached hydrogens (tertiary/aromatic N) is 3. The Bertz CT molecular complexity index is 1170. The zero-order valence-corrected chi connectivity index (χ0v) is 20.9. The summed E-state index contributed by atoms with van der Waals surface area (Å²) in [4.78, 5) is 26.5. The third-order valence-corrected chi connectivity index (χ3v) is 8.03. The number of carbonyl (C=O) groups excluding carboxylic acids is 2. The van der Waals surface area contributed by atoms with Gasteiger partial charge in [0.25, 0.3) is 0 Å². The topological polar surface area (TPSA) is 86.1 Å². The van der Waals surface area contributed by atoms with Gasteiger partial charge in [0, 0.05) is 22.5 Å². The smallest absolute Gasteiger partial charge is 0.341 e. The maximum absolute atomic E-state index is 12.8. The van der Waals surface area contributed by atoms with E-state index in [-0.39, 0.29) is 11.7 Å². The van der Waals surface area contributed by atoms with Crippen LogP contribution < -0.4 is 5.32 Å². The van der Waals surface area contributed by atoms with E-state index in [9.17, 15) is 9.59 Å². The van der Waals surface area contributed by atoms with Crippen molar-refractivity contribution in [1.82, 2.24) is 14.8 Å². The van der Waals surface area contributed by atoms with E-state index in [4.69, 9.17) is 16.3 Å². The van der Waals surface area contributed by atoms with E-state index in [1.165, 1.54) is 41.5 Å². The predicted molar refractivity (Wildman–Crippen MR) is 132 cm³/mol. The van der Waals surface area contributed by atoms with E-state index >= 15 is 0 Å². The van der Waals surface area contributed by atoms with Crippen molar-refractivity contribution in [2.45, 2.75) is 43.7 Å². The molecule has 1 aliphatic rings. The second kappa shape index (κ2) is 10.7. The van der Waals surface area contributed by atoms with E-state index in [1.807, 2.05) is 29.8 Å². The number of hydrogen-bond acceptors (Lipinski definition) is 7. The predicted octanol–water partition coefficient (Wildman–Crippen LogP) is 5.37. The Morgan fingerprint density at radius 1 is 1.21 bits per heavy atom. The van der Waals surface area contributed by atoms with Crippen LogP contribution in [0.25, 0.3) is 11.4 Å². The number of ether oxygens (including phenoxy) is 1. The third-order valence-electron chi connectivity index (χ3n) is 5.56. The number of hydrogen-bond donors (Lipinski definition) is 1. The molecule has 0 spiro atoms. The largest absolute Gasteiger partial charge is 0.465 e. The molecule has 7 nitrogen and oxygen atoms in total. The molecule has 33 heavy (non-hydrogen) atoms. The number of aromatic nitrogens is 3. The van der Waals surface area contributed by atoms with Crippen LogP contribution in [0.4, 0.5) is 5.00 Å². The molecule has 0 unspecified atom stereocenters. The highest BCUT2D eigenvalue weighted by molar-refractivity contribution is 7.99. The molecule has 0 saturated carbocycles. The molecule has 1 N–H and O–H groups in total. The highest BCUT2D eigenvalue weighted by Crippen LogP contribution is 2.37. The van der Waals surface area contributed by atoms with Crippen molar-refractivity contribution >= 4 is 51.6 Å². The summed E-state index contributed by atoms with van der Waals surface area (Å²) < 4.78 is 6.87. The van der Waals surface area contributed by atoms with Gasteiger partial charge in [-0.15, -0.1) is 21.5 Å². The minimum absolute atomic E-state index is 0.144. The molecule has 0 atom stereocenters. The maximum atomic E-state index is 12.8. The van der Waals surface area contributed by atoms with Crippen molar-refractivity contribution in [2.24, 2.45) is 7.05 Å². The van der Waals surface area contributed by atoms with Crippen LogP contribution in [0.5, 0.6) is 0 Å². The Morgan fingerprint density at radius 3 is 2.76 bits per heavy atom. The first-order chi connectivity index (χ1) is 16.0. The van der Waals surface area contributed by atoms with Crippen LogP contribution in [-0.4, -0.2) is 39.5 Å². The quantitative estimate of drug-likeness (QED) is 0.358. The zero-order valence-electron chi connectivity index (χ0n) is 18.5. The minimum atomic E-state index is -0.393. The molecule has 174 valence electrons. The average molecular weight is 505 g/mol. The van der Waals surface area contributed by atoms with Gasteiger partial charge in [0.05, 0.1) is 18.4 Å². The van der Waals surface area contributed by atoms with Gasteiger partial charge in [-0.1, -0.05) is 48.3 Å². The summed E-state index contributed by atoms with van der Waals surface area (Å²) >= 11 is 8.87. The Labute approximate surface area is 205 Å². The molecule has 0 radical (unpaired) electrons. The molecule has 4 rings (SSSR count). The van der Waals surface area contributed by atoms with Gasteiger partial charge >= 0.3 is 5.97 Å². The summed E-state index contributed by atoms with van der Waals surface area (Å²) in [5.74, 6) is 0.221. The standard InChI is InChI=1S/C23H25ClN4O3S2/c1-28-20(14-8-7-9-15(24)12-14)26-27-23(28)32-13-18(29)25-21-19(22(30)31-2)16-10-5-3-4-6-11-17(16)33-21/h7-9,12H,3-6,10-11,13H2,1-2H3,(H,25,29). The lowest BCUT2D eigenvalue weighted by Gasteiger charge is -2.11. The number of nitrogens with one attached hydrogen (secondary N) is 1. The highest BCUT2D eigenvalue weighted by Gasteiger charge is 2.26. The third kappa shape index (κ3) is 5.42. The van der Waals surface area contributed by atoms with Crippen molar-refractivity contribution in [1.29, 1.82) is 0 Å². The first-order valence-corrected chi connectivity index (χ1v) is 13.0. The number of benzene rings is 1. The van der Waals surface area contributed by atoms with E-state index in [0.29, 0.717) is 26.6 Å². The van der Waals surface area contributed by atoms with Gasteiger partial charge in [-0.25, -0.2) is 4.79 Å². The number of thioether (sulfide) groups is 1. The van der Waals surface area contributed by atoms with Gasteiger partial charge in [-0.05, 0) is 43.4 Å². The fourth-order valence-corrected chi connectivity index (χ4v) is 6.13. The molecule has 3 aromatic rings. The lowest BCUT2D eigenvalue weighted by atomic mass is 9.96. The number of aryl methyl sites for hydroxylation is 1. The highest BCUT2D eigenvalue weighted by atomic mass is 35.5. The number of halogens is 1. The van der Waals surface area contributed by atoms with Gasteiger partial charge in [0.15, 0.2) is 11.0 Å². The first-order valence-electron chi connectivity index (χ1n) is 10.8. The SMILES string of the molecule is COC(=O)c1c(NC(=O)CSc2nnc(-c3cccc(Cl)c3)n2C)sc2c1CCCCCC2. The summed E-state index contributed by atoms with van der Waals surface area (Å²) in [7, 11) is 3.23. The molecular weight excluding hydrogens is 480 g/mol. The Morgan fingerprint density at radius 2 is 2.00 bits per heavy atom. The molecule has 1 amide bonds. The van der Waals surface area contributed by atoms with E-state index < -0.39 is 5.97 Å². The number of rotatable bonds is 6. The molecule has 0 fully saturated rings. The molecule has 1 aliphatic carbocycles. The zero-order chi connectivity index (χ0) is 23.4. The van der Waals surface area contributed by atoms with Crippen molar-refractivity contribution in [2.75, 3.05) is 18.2 Å². The van der Waals surface area contributed by atoms with Crippen molar-refractivity contribution in [3.63, 3.8) is 0 Å². The second-order valence-corrected chi connectivity index (χ2v) is 10.3. The van der Waals surface area contributed by atoms with E-state index in [2.05, 4.69) is 15.5 Å². The lowest BCUT2D eigenvalue weighted by molar-refractivity contribution is -0.113. The fourth-order valence-electron chi connectivity index (χ4n) is 3.94. The van der Waals surface area contributed by atoms with Crippen molar-refractivity contribution in [3.8, 4) is 11.4 Å². The summed E-state index contributed by atoms with van der Waals surface area (Å²) in [5.41, 5.74) is 2.40. The number of methoxy groups -OCH3 is 1. The van der Waals surface area contributed by atoms with Crippen LogP contribution in [0.3, 0.4) is 0 Å². The average Bonchev–Trinajstić information content (AvgIpc) is 3.31. The molecule has 0 aliphatic heterocycles. The molecule has 0 bridgehead atoms. The number of anilines is 1. The molecule has 10 heteroatoms. The second-order valence-electron chi connectivity index (χ2n) is 7.83. The monoisotopic (exact) mass is 504 g/mol. The van der Waals surface area contributed by atoms with Gasteiger partial charge in [0.1, 0.15) is 5.00 Å². The summed E-state index contributed by atoms with van der Waals surface area (Å²) in [6.45, 7) is 0. The van der Waals surface area contributed by atoms with Crippen LogP contribution in [-0.2, 0) is 29.4 Å². The van der Waals surface area contributed by atoms with Crippen LogP contribution in [0, 0.1) is 0 Å². The summed E-state index contributed by atoms with van der Waals surface area (Å²) in [5, 5.41) is 13.2. The molecule has 1 aromatic carbocycles. The van der Waals surface area contributed by atoms with E-state index in [0.717, 1.165) is 43.2 Å². The first kappa shape index (κ1) is 23.8. The van der Waals surface area contributed by atoms with Crippen LogP contribution >= 0.6 is 34.7 Å². The normalized spacial score (nSPS) is 13.7. The number of esters is 1. The van der Waals surface area contributed by atoms with Crippen LogP contribution in [0.2, 0.25) is 5.02 Å². The van der Waals surface area contributed by atoms with Gasteiger partial charge in [-0.2, -0.15) is 0 Å². The molecule has 2 heterocycles. The Balaban J connectivity index is 1.47. The van der Waals surface area contributed by atoms with Crippen LogP contribution in [0.15, 0.2) is 29.4 Å². The number of carbonyl (C=O) groups is 2. The van der Waals surface area contributed by atoms with Crippen LogP contribution in [0.1, 0.15) is 46.5 Å². The maximum Gasteiger partial charge on any atom is 0.341 e. The number of amides is 1. The van der Waals surface area contributed by atoms with Gasteiger partial charge in [-0.3, -0.25) is 4.79 Å². The number of fused-ring (bicyclic) bond motifs is 1. The Kier molecular flexibility index (Phi) is 7.72. The minimum Gasteiger partial charge on any atom is -0.465 e. The molecular formula is C23H25ClN4O3S2. The Hall–Kier alpha value is -2.36. The summed E-state index contributed by atoms with van der Waals surface area (Å²) in [6.07, 6.45) is 6.25. The van der Waals surface area contributed by atoms with Gasteiger partial charge < -0.3 is 14.6 Å². The van der Waals surface area contributed by atoms with Gasteiger partial charge in [0.2, 0.25) is 5.91 Å². The fraction of sp³-hybridized carbons (Fsp3) is 0.391.